The number of nitrogens with zero attached hydrogens (tertiary/aromatic N) is 3. The molecule has 2 aromatic heterocycles. The van der Waals surface area contributed by atoms with Crippen LogP contribution in [0.15, 0.2) is 41.1 Å². The molecule has 21 heavy (non-hydrogen) atoms. The SMILES string of the molecule is CNCc1coc(CN2CCN(c3ccccn3)CC2)c1. The normalized spacial score (nSPS) is 16.3. The Morgan fingerprint density at radius 1 is 1.24 bits per heavy atom. The van der Waals surface area contributed by atoms with E-state index in [1.807, 2.05) is 31.6 Å². The summed E-state index contributed by atoms with van der Waals surface area (Å²) in [7, 11) is 1.95. The van der Waals surface area contributed by atoms with Gasteiger partial charge in [-0.3, -0.25) is 4.90 Å². The molecule has 0 atom stereocenters. The highest BCUT2D eigenvalue weighted by molar-refractivity contribution is 5.38. The van der Waals surface area contributed by atoms with Crippen molar-refractivity contribution in [2.45, 2.75) is 13.1 Å². The second-order valence-electron chi connectivity index (χ2n) is 5.40. The highest BCUT2D eigenvalue weighted by Crippen LogP contribution is 2.15. The van der Waals surface area contributed by atoms with Gasteiger partial charge in [-0.05, 0) is 25.2 Å². The average molecular weight is 286 g/mol. The second-order valence-corrected chi connectivity index (χ2v) is 5.40. The molecule has 1 N–H and O–H groups in total. The molecule has 0 unspecified atom stereocenters. The van der Waals surface area contributed by atoms with Gasteiger partial charge in [-0.1, -0.05) is 6.07 Å². The highest BCUT2D eigenvalue weighted by Gasteiger charge is 2.18. The third-order valence-corrected chi connectivity index (χ3v) is 3.81. The molecule has 0 bridgehead atoms. The smallest absolute Gasteiger partial charge is 0.128 e. The van der Waals surface area contributed by atoms with Crippen molar-refractivity contribution in [1.29, 1.82) is 0 Å². The number of hydrogen-bond donors (Lipinski definition) is 1. The van der Waals surface area contributed by atoms with Gasteiger partial charge in [-0.2, -0.15) is 0 Å². The lowest BCUT2D eigenvalue weighted by atomic mass is 10.2. The summed E-state index contributed by atoms with van der Waals surface area (Å²) in [5, 5.41) is 3.14. The first-order chi connectivity index (χ1) is 10.3. The fourth-order valence-corrected chi connectivity index (χ4v) is 2.70. The van der Waals surface area contributed by atoms with E-state index >= 15 is 0 Å². The van der Waals surface area contributed by atoms with Gasteiger partial charge in [0.05, 0.1) is 12.8 Å². The van der Waals surface area contributed by atoms with Gasteiger partial charge in [0, 0.05) is 44.5 Å². The minimum Gasteiger partial charge on any atom is -0.468 e. The number of rotatable bonds is 5. The van der Waals surface area contributed by atoms with Gasteiger partial charge in [-0.15, -0.1) is 0 Å². The van der Waals surface area contributed by atoms with Gasteiger partial charge in [0.15, 0.2) is 0 Å². The molecule has 3 heterocycles. The van der Waals surface area contributed by atoms with Crippen LogP contribution in [-0.2, 0) is 13.1 Å². The third-order valence-electron chi connectivity index (χ3n) is 3.81. The highest BCUT2D eigenvalue weighted by atomic mass is 16.3. The first-order valence-electron chi connectivity index (χ1n) is 7.44. The summed E-state index contributed by atoms with van der Waals surface area (Å²) in [6, 6.07) is 8.22. The van der Waals surface area contributed by atoms with Crippen LogP contribution < -0.4 is 10.2 Å². The molecule has 0 aliphatic carbocycles. The lowest BCUT2D eigenvalue weighted by Crippen LogP contribution is -2.46. The van der Waals surface area contributed by atoms with Gasteiger partial charge in [0.1, 0.15) is 11.6 Å². The van der Waals surface area contributed by atoms with Crippen molar-refractivity contribution >= 4 is 5.82 Å². The van der Waals surface area contributed by atoms with Gasteiger partial charge in [-0.25, -0.2) is 4.98 Å². The molecule has 0 saturated carbocycles. The van der Waals surface area contributed by atoms with Crippen LogP contribution in [0.25, 0.3) is 0 Å². The number of anilines is 1. The molecule has 1 aliphatic heterocycles. The number of nitrogens with one attached hydrogen (secondary N) is 1. The molecule has 5 nitrogen and oxygen atoms in total. The Morgan fingerprint density at radius 3 is 2.81 bits per heavy atom. The summed E-state index contributed by atoms with van der Waals surface area (Å²) in [5.41, 5.74) is 1.21. The predicted molar refractivity (Wildman–Crippen MR) is 83.2 cm³/mol. The monoisotopic (exact) mass is 286 g/mol. The first kappa shape index (κ1) is 14.1. The van der Waals surface area contributed by atoms with Crippen LogP contribution in [0.5, 0.6) is 0 Å². The molecule has 0 amide bonds. The van der Waals surface area contributed by atoms with Crippen LogP contribution in [0, 0.1) is 0 Å². The van der Waals surface area contributed by atoms with E-state index in [-0.39, 0.29) is 0 Å². The van der Waals surface area contributed by atoms with E-state index in [4.69, 9.17) is 4.42 Å². The summed E-state index contributed by atoms with van der Waals surface area (Å²) in [6.07, 6.45) is 3.70. The Kier molecular flexibility index (Phi) is 4.52. The topological polar surface area (TPSA) is 44.5 Å². The minimum absolute atomic E-state index is 0.858. The summed E-state index contributed by atoms with van der Waals surface area (Å²) in [5.74, 6) is 2.12. The maximum atomic E-state index is 5.62. The van der Waals surface area contributed by atoms with Crippen molar-refractivity contribution < 1.29 is 4.42 Å². The van der Waals surface area contributed by atoms with Crippen LogP contribution in [0.2, 0.25) is 0 Å². The van der Waals surface area contributed by atoms with Crippen molar-refractivity contribution in [3.05, 3.63) is 48.0 Å². The van der Waals surface area contributed by atoms with E-state index in [1.165, 1.54) is 5.56 Å². The first-order valence-corrected chi connectivity index (χ1v) is 7.44. The molecule has 112 valence electrons. The maximum Gasteiger partial charge on any atom is 0.128 e. The molecule has 1 fully saturated rings. The minimum atomic E-state index is 0.858. The molecule has 0 radical (unpaired) electrons. The van der Waals surface area contributed by atoms with E-state index in [1.54, 1.807) is 0 Å². The second kappa shape index (κ2) is 6.74. The van der Waals surface area contributed by atoms with Crippen molar-refractivity contribution in [2.24, 2.45) is 0 Å². The summed E-state index contributed by atoms with van der Waals surface area (Å²) in [6.45, 7) is 5.86. The molecule has 2 aromatic rings. The fraction of sp³-hybridized carbons (Fsp3) is 0.438. The number of hydrogen-bond acceptors (Lipinski definition) is 5. The van der Waals surface area contributed by atoms with E-state index in [0.717, 1.165) is 50.8 Å². The Balaban J connectivity index is 1.51. The van der Waals surface area contributed by atoms with Crippen LogP contribution >= 0.6 is 0 Å². The van der Waals surface area contributed by atoms with Crippen molar-refractivity contribution in [3.8, 4) is 0 Å². The molecule has 1 aliphatic rings. The van der Waals surface area contributed by atoms with Crippen LogP contribution in [-0.4, -0.2) is 43.1 Å². The number of furan rings is 1. The lowest BCUT2D eigenvalue weighted by Gasteiger charge is -2.34. The molecule has 3 rings (SSSR count). The zero-order chi connectivity index (χ0) is 14.5. The Bertz CT molecular complexity index is 546. The molecular formula is C16H22N4O. The summed E-state index contributed by atoms with van der Waals surface area (Å²) < 4.78 is 5.62. The Hall–Kier alpha value is -1.85. The van der Waals surface area contributed by atoms with Crippen molar-refractivity contribution in [3.63, 3.8) is 0 Å². The zero-order valence-electron chi connectivity index (χ0n) is 12.5. The largest absolute Gasteiger partial charge is 0.468 e. The quantitative estimate of drug-likeness (QED) is 0.906. The van der Waals surface area contributed by atoms with Gasteiger partial charge < -0.3 is 14.6 Å². The molecule has 1 saturated heterocycles. The van der Waals surface area contributed by atoms with Crippen LogP contribution in [0.4, 0.5) is 5.82 Å². The molecular weight excluding hydrogens is 264 g/mol. The number of aromatic nitrogens is 1. The van der Waals surface area contributed by atoms with Crippen molar-refractivity contribution in [2.75, 3.05) is 38.1 Å². The van der Waals surface area contributed by atoms with Crippen LogP contribution in [0.1, 0.15) is 11.3 Å². The van der Waals surface area contributed by atoms with E-state index in [0.29, 0.717) is 0 Å². The number of piperazine rings is 1. The zero-order valence-corrected chi connectivity index (χ0v) is 12.5. The predicted octanol–water partition coefficient (Wildman–Crippen LogP) is 1.72. The number of pyridine rings is 1. The van der Waals surface area contributed by atoms with E-state index in [2.05, 4.69) is 32.2 Å². The fourth-order valence-electron chi connectivity index (χ4n) is 2.70. The van der Waals surface area contributed by atoms with Gasteiger partial charge >= 0.3 is 0 Å². The molecule has 0 aromatic carbocycles. The third kappa shape index (κ3) is 3.62. The Labute approximate surface area is 125 Å². The van der Waals surface area contributed by atoms with Gasteiger partial charge in [0.25, 0.3) is 0 Å². The standard InChI is InChI=1S/C16H22N4O/c1-17-11-14-10-15(21-13-14)12-19-6-8-20(9-7-19)16-4-2-3-5-18-16/h2-5,10,13,17H,6-9,11-12H2,1H3. The van der Waals surface area contributed by atoms with E-state index in [9.17, 15) is 0 Å². The van der Waals surface area contributed by atoms with Crippen molar-refractivity contribution in [1.82, 2.24) is 15.2 Å². The van der Waals surface area contributed by atoms with E-state index < -0.39 is 0 Å². The molecule has 0 spiro atoms. The van der Waals surface area contributed by atoms with Gasteiger partial charge in [0.2, 0.25) is 0 Å². The Morgan fingerprint density at radius 2 is 2.10 bits per heavy atom. The molecule has 5 heteroatoms. The summed E-state index contributed by atoms with van der Waals surface area (Å²) >= 11 is 0. The average Bonchev–Trinajstić information content (AvgIpc) is 2.97. The van der Waals surface area contributed by atoms with Crippen LogP contribution in [0.3, 0.4) is 0 Å². The summed E-state index contributed by atoms with van der Waals surface area (Å²) in [4.78, 5) is 9.19. The maximum absolute atomic E-state index is 5.62. The lowest BCUT2D eigenvalue weighted by molar-refractivity contribution is 0.230.